The van der Waals surface area contributed by atoms with E-state index in [9.17, 15) is 4.79 Å². The van der Waals surface area contributed by atoms with Crippen LogP contribution in [0, 0.1) is 0 Å². The van der Waals surface area contributed by atoms with Gasteiger partial charge in [0.15, 0.2) is 0 Å². The van der Waals surface area contributed by atoms with Crippen LogP contribution in [-0.2, 0) is 6.54 Å². The maximum atomic E-state index is 13.6. The third-order valence-electron chi connectivity index (χ3n) is 6.26. The third kappa shape index (κ3) is 4.19. The topological polar surface area (TPSA) is 74.8 Å². The molecule has 0 aliphatic heterocycles. The smallest absolute Gasteiger partial charge is 0.254 e. The van der Waals surface area contributed by atoms with Crippen LogP contribution in [0.1, 0.15) is 53.3 Å². The molecular weight excluding hydrogens is 386 g/mol. The van der Waals surface area contributed by atoms with E-state index in [2.05, 4.69) is 50.3 Å². The summed E-state index contributed by atoms with van der Waals surface area (Å²) >= 11 is 0. The maximum absolute atomic E-state index is 13.6. The fourth-order valence-electron chi connectivity index (χ4n) is 4.62. The molecule has 1 N–H and O–H groups in total. The van der Waals surface area contributed by atoms with Gasteiger partial charge in [-0.25, -0.2) is 4.98 Å². The Morgan fingerprint density at radius 3 is 2.42 bits per heavy atom. The van der Waals surface area contributed by atoms with Crippen LogP contribution in [0.25, 0.3) is 11.0 Å². The second kappa shape index (κ2) is 8.68. The van der Waals surface area contributed by atoms with Crippen molar-refractivity contribution in [3.05, 3.63) is 90.3 Å². The molecule has 1 fully saturated rings. The quantitative estimate of drug-likeness (QED) is 0.516. The second-order valence-electron chi connectivity index (χ2n) is 8.14. The number of benzene rings is 2. The molecule has 2 aromatic carbocycles. The first kappa shape index (κ1) is 19.4. The van der Waals surface area contributed by atoms with Gasteiger partial charge in [-0.2, -0.15) is 0 Å². The van der Waals surface area contributed by atoms with E-state index in [4.69, 9.17) is 0 Å². The summed E-state index contributed by atoms with van der Waals surface area (Å²) in [5, 5.41) is 0. The summed E-state index contributed by atoms with van der Waals surface area (Å²) in [6, 6.07) is 16.5. The molecule has 1 aliphatic rings. The van der Waals surface area contributed by atoms with Gasteiger partial charge in [-0.15, -0.1) is 0 Å². The number of aromatic amines is 1. The van der Waals surface area contributed by atoms with E-state index in [1.54, 1.807) is 24.8 Å². The summed E-state index contributed by atoms with van der Waals surface area (Å²) in [7, 11) is 0. The largest absolute Gasteiger partial charge is 0.347 e. The highest BCUT2D eigenvalue weighted by molar-refractivity contribution is 5.97. The maximum Gasteiger partial charge on any atom is 0.254 e. The number of H-pyrrole nitrogens is 1. The lowest BCUT2D eigenvalue weighted by molar-refractivity contribution is 0.0599. The van der Waals surface area contributed by atoms with Gasteiger partial charge >= 0.3 is 0 Å². The first-order chi connectivity index (χ1) is 15.3. The molecule has 0 atom stereocenters. The van der Waals surface area contributed by atoms with E-state index in [0.717, 1.165) is 42.5 Å². The lowest BCUT2D eigenvalue weighted by Gasteiger charge is -2.37. The standard InChI is InChI=1S/C25H25N5O/c31-25(20-8-11-22-23(16-20)27-13-12-26-22)30(17-24-28-14-15-29-24)21-9-6-19(7-10-21)18-4-2-1-3-5-18/h1-5,8,11-16,19,21H,6-7,9-10,17H2,(H,28,29). The first-order valence-electron chi connectivity index (χ1n) is 10.8. The van der Waals surface area contributed by atoms with Crippen molar-refractivity contribution in [2.45, 2.75) is 44.2 Å². The number of rotatable bonds is 5. The molecule has 0 saturated heterocycles. The van der Waals surface area contributed by atoms with Crippen LogP contribution in [0.15, 0.2) is 73.3 Å². The predicted octanol–water partition coefficient (Wildman–Crippen LogP) is 4.72. The number of nitrogens with one attached hydrogen (secondary N) is 1. The van der Waals surface area contributed by atoms with Crippen LogP contribution in [0.3, 0.4) is 0 Å². The number of amides is 1. The van der Waals surface area contributed by atoms with Crippen molar-refractivity contribution in [1.29, 1.82) is 0 Å². The Morgan fingerprint density at radius 2 is 1.68 bits per heavy atom. The average molecular weight is 412 g/mol. The number of hydrogen-bond acceptors (Lipinski definition) is 4. The van der Waals surface area contributed by atoms with Gasteiger partial charge in [0.1, 0.15) is 5.82 Å². The molecule has 0 bridgehead atoms. The van der Waals surface area contributed by atoms with Crippen molar-refractivity contribution in [1.82, 2.24) is 24.8 Å². The Bertz CT molecular complexity index is 1150. The molecule has 6 nitrogen and oxygen atoms in total. The summed E-state index contributed by atoms with van der Waals surface area (Å²) in [6.07, 6.45) is 11.0. The molecule has 2 aromatic heterocycles. The highest BCUT2D eigenvalue weighted by Crippen LogP contribution is 2.35. The molecule has 31 heavy (non-hydrogen) atoms. The number of fused-ring (bicyclic) bond motifs is 1. The summed E-state index contributed by atoms with van der Waals surface area (Å²) < 4.78 is 0. The van der Waals surface area contributed by atoms with E-state index < -0.39 is 0 Å². The molecule has 0 radical (unpaired) electrons. The van der Waals surface area contributed by atoms with Crippen molar-refractivity contribution in [3.63, 3.8) is 0 Å². The zero-order valence-electron chi connectivity index (χ0n) is 17.3. The lowest BCUT2D eigenvalue weighted by atomic mass is 9.81. The van der Waals surface area contributed by atoms with Crippen molar-refractivity contribution in [2.24, 2.45) is 0 Å². The number of aromatic nitrogens is 4. The monoisotopic (exact) mass is 411 g/mol. The Labute approximate surface area is 181 Å². The van der Waals surface area contributed by atoms with Gasteiger partial charge in [-0.05, 0) is 55.4 Å². The van der Waals surface area contributed by atoms with E-state index in [1.807, 2.05) is 23.1 Å². The van der Waals surface area contributed by atoms with E-state index in [0.29, 0.717) is 18.0 Å². The van der Waals surface area contributed by atoms with Crippen molar-refractivity contribution < 1.29 is 4.79 Å². The number of hydrogen-bond donors (Lipinski definition) is 1. The van der Waals surface area contributed by atoms with Gasteiger partial charge in [0, 0.05) is 36.4 Å². The summed E-state index contributed by atoms with van der Waals surface area (Å²) in [4.78, 5) is 31.8. The zero-order chi connectivity index (χ0) is 21.0. The number of carbonyl (C=O) groups excluding carboxylic acids is 1. The SMILES string of the molecule is O=C(c1ccc2nccnc2c1)N(Cc1ncc[nH]1)C1CCC(c2ccccc2)CC1. The van der Waals surface area contributed by atoms with Gasteiger partial charge in [0.05, 0.1) is 17.6 Å². The van der Waals surface area contributed by atoms with Gasteiger partial charge < -0.3 is 9.88 Å². The summed E-state index contributed by atoms with van der Waals surface area (Å²) in [5.74, 6) is 1.39. The Hall–Kier alpha value is -3.54. The molecular formula is C25H25N5O. The fourth-order valence-corrected chi connectivity index (χ4v) is 4.62. The van der Waals surface area contributed by atoms with Gasteiger partial charge in [-0.3, -0.25) is 14.8 Å². The molecule has 6 heteroatoms. The normalized spacial score (nSPS) is 18.7. The van der Waals surface area contributed by atoms with Gasteiger partial charge in [0.2, 0.25) is 0 Å². The molecule has 2 heterocycles. The third-order valence-corrected chi connectivity index (χ3v) is 6.26. The fraction of sp³-hybridized carbons (Fsp3) is 0.280. The number of imidazole rings is 1. The lowest BCUT2D eigenvalue weighted by Crippen LogP contribution is -2.42. The molecule has 4 aromatic rings. The van der Waals surface area contributed by atoms with Crippen LogP contribution in [0.5, 0.6) is 0 Å². The van der Waals surface area contributed by atoms with Crippen molar-refractivity contribution in [3.8, 4) is 0 Å². The van der Waals surface area contributed by atoms with Crippen LogP contribution < -0.4 is 0 Å². The highest BCUT2D eigenvalue weighted by Gasteiger charge is 2.30. The number of carbonyl (C=O) groups is 1. The van der Waals surface area contributed by atoms with Crippen LogP contribution in [-0.4, -0.2) is 36.8 Å². The molecule has 0 unspecified atom stereocenters. The predicted molar refractivity (Wildman–Crippen MR) is 119 cm³/mol. The van der Waals surface area contributed by atoms with E-state index >= 15 is 0 Å². The molecule has 156 valence electrons. The van der Waals surface area contributed by atoms with Crippen molar-refractivity contribution in [2.75, 3.05) is 0 Å². The van der Waals surface area contributed by atoms with Crippen LogP contribution in [0.4, 0.5) is 0 Å². The Balaban J connectivity index is 1.38. The molecule has 1 amide bonds. The Morgan fingerprint density at radius 1 is 0.903 bits per heavy atom. The zero-order valence-corrected chi connectivity index (χ0v) is 17.3. The summed E-state index contributed by atoms with van der Waals surface area (Å²) in [6.45, 7) is 0.477. The Kier molecular flexibility index (Phi) is 5.44. The first-order valence-corrected chi connectivity index (χ1v) is 10.8. The van der Waals surface area contributed by atoms with E-state index in [1.165, 1.54) is 5.56 Å². The van der Waals surface area contributed by atoms with Crippen LogP contribution in [0.2, 0.25) is 0 Å². The molecule has 1 aliphatic carbocycles. The van der Waals surface area contributed by atoms with E-state index in [-0.39, 0.29) is 11.9 Å². The molecule has 5 rings (SSSR count). The second-order valence-corrected chi connectivity index (χ2v) is 8.14. The van der Waals surface area contributed by atoms with Gasteiger partial charge in [0.25, 0.3) is 5.91 Å². The molecule has 0 spiro atoms. The van der Waals surface area contributed by atoms with Crippen LogP contribution >= 0.6 is 0 Å². The minimum Gasteiger partial charge on any atom is -0.347 e. The van der Waals surface area contributed by atoms with Crippen molar-refractivity contribution >= 4 is 16.9 Å². The van der Waals surface area contributed by atoms with Gasteiger partial charge in [-0.1, -0.05) is 30.3 Å². The average Bonchev–Trinajstić information content (AvgIpc) is 3.36. The number of nitrogens with zero attached hydrogens (tertiary/aromatic N) is 4. The summed E-state index contributed by atoms with van der Waals surface area (Å²) in [5.41, 5.74) is 3.57. The highest BCUT2D eigenvalue weighted by atomic mass is 16.2. The minimum absolute atomic E-state index is 0.0205. The minimum atomic E-state index is 0.0205. The molecule has 1 saturated carbocycles.